The summed E-state index contributed by atoms with van der Waals surface area (Å²) in [6.07, 6.45) is 2.89. The van der Waals surface area contributed by atoms with Crippen molar-refractivity contribution in [3.8, 4) is 5.82 Å². The van der Waals surface area contributed by atoms with Crippen LogP contribution < -0.4 is 5.32 Å². The predicted molar refractivity (Wildman–Crippen MR) is 69.3 cm³/mol. The molecular weight excluding hydrogens is 262 g/mol. The van der Waals surface area contributed by atoms with E-state index in [0.717, 1.165) is 0 Å². The van der Waals surface area contributed by atoms with Crippen molar-refractivity contribution in [3.63, 3.8) is 0 Å². The van der Waals surface area contributed by atoms with Crippen LogP contribution in [0.1, 0.15) is 10.5 Å². The molecule has 0 fully saturated rings. The molecule has 1 N–H and O–H groups in total. The van der Waals surface area contributed by atoms with Crippen LogP contribution in [0.2, 0.25) is 0 Å². The lowest BCUT2D eigenvalue weighted by Gasteiger charge is -2.13. The number of carbonyl (C=O) groups is 1. The maximum atomic E-state index is 11.8. The minimum Gasteiger partial charge on any atom is -0.354 e. The molecule has 20 heavy (non-hydrogen) atoms. The minimum absolute atomic E-state index is 0.215. The van der Waals surface area contributed by atoms with Crippen molar-refractivity contribution in [1.29, 1.82) is 0 Å². The molecule has 0 radical (unpaired) electrons. The van der Waals surface area contributed by atoms with Crippen LogP contribution in [0.5, 0.6) is 0 Å². The monoisotopic (exact) mass is 277 g/mol. The molecule has 0 unspecified atom stereocenters. The van der Waals surface area contributed by atoms with Gasteiger partial charge in [0.15, 0.2) is 17.8 Å². The van der Waals surface area contributed by atoms with E-state index in [9.17, 15) is 4.79 Å². The van der Waals surface area contributed by atoms with Gasteiger partial charge < -0.3 is 14.8 Å². The second-order valence-electron chi connectivity index (χ2n) is 3.84. The Labute approximate surface area is 115 Å². The highest BCUT2D eigenvalue weighted by atomic mass is 16.7. The topological polar surface area (TPSA) is 91.2 Å². The van der Waals surface area contributed by atoms with Gasteiger partial charge in [-0.25, -0.2) is 4.68 Å². The van der Waals surface area contributed by atoms with Gasteiger partial charge in [0, 0.05) is 26.6 Å². The van der Waals surface area contributed by atoms with E-state index >= 15 is 0 Å². The second kappa shape index (κ2) is 6.73. The Balaban J connectivity index is 1.97. The molecule has 2 aromatic heterocycles. The second-order valence-corrected chi connectivity index (χ2v) is 3.84. The smallest absolute Gasteiger partial charge is 0.271 e. The summed E-state index contributed by atoms with van der Waals surface area (Å²) < 4.78 is 11.5. The van der Waals surface area contributed by atoms with Crippen molar-refractivity contribution in [2.45, 2.75) is 6.29 Å². The van der Waals surface area contributed by atoms with E-state index < -0.39 is 6.29 Å². The van der Waals surface area contributed by atoms with Gasteiger partial charge in [0.05, 0.1) is 6.54 Å². The third-order valence-electron chi connectivity index (χ3n) is 2.58. The quantitative estimate of drug-likeness (QED) is 0.748. The molecule has 0 saturated carbocycles. The lowest BCUT2D eigenvalue weighted by atomic mass is 10.3. The molecule has 0 spiro atoms. The van der Waals surface area contributed by atoms with Crippen molar-refractivity contribution < 1.29 is 14.3 Å². The van der Waals surface area contributed by atoms with E-state index in [4.69, 9.17) is 9.47 Å². The summed E-state index contributed by atoms with van der Waals surface area (Å²) in [4.78, 5) is 11.8. The summed E-state index contributed by atoms with van der Waals surface area (Å²) >= 11 is 0. The van der Waals surface area contributed by atoms with Crippen molar-refractivity contribution in [2.75, 3.05) is 20.8 Å². The van der Waals surface area contributed by atoms with Crippen LogP contribution in [-0.4, -0.2) is 52.9 Å². The Hall–Kier alpha value is -2.32. The third-order valence-corrected chi connectivity index (χ3v) is 2.58. The summed E-state index contributed by atoms with van der Waals surface area (Å²) in [7, 11) is 3.00. The zero-order valence-corrected chi connectivity index (χ0v) is 11.2. The van der Waals surface area contributed by atoms with E-state index in [1.807, 2.05) is 0 Å². The van der Waals surface area contributed by atoms with Gasteiger partial charge in [-0.1, -0.05) is 0 Å². The highest BCUT2D eigenvalue weighted by Crippen LogP contribution is 2.02. The number of hydrogen-bond donors (Lipinski definition) is 1. The molecule has 8 heteroatoms. The third kappa shape index (κ3) is 3.37. The van der Waals surface area contributed by atoms with Crippen LogP contribution in [-0.2, 0) is 9.47 Å². The average Bonchev–Trinajstić information content (AvgIpc) is 3.02. The van der Waals surface area contributed by atoms with Crippen molar-refractivity contribution in [3.05, 3.63) is 36.3 Å². The van der Waals surface area contributed by atoms with Crippen molar-refractivity contribution in [2.24, 2.45) is 0 Å². The van der Waals surface area contributed by atoms with Gasteiger partial charge in [0.1, 0.15) is 0 Å². The molecule has 0 aliphatic carbocycles. The molecule has 0 saturated heterocycles. The molecule has 1 amide bonds. The predicted octanol–water partition coefficient (Wildman–Crippen LogP) is 0.0110. The largest absolute Gasteiger partial charge is 0.354 e. The van der Waals surface area contributed by atoms with Crippen LogP contribution >= 0.6 is 0 Å². The zero-order valence-electron chi connectivity index (χ0n) is 11.2. The lowest BCUT2D eigenvalue weighted by Crippen LogP contribution is -2.34. The van der Waals surface area contributed by atoms with Gasteiger partial charge in [-0.2, -0.15) is 5.10 Å². The number of nitrogens with zero attached hydrogens (tertiary/aromatic N) is 4. The Kier molecular flexibility index (Phi) is 4.75. The Morgan fingerprint density at radius 1 is 1.35 bits per heavy atom. The van der Waals surface area contributed by atoms with Crippen LogP contribution in [0, 0.1) is 0 Å². The molecule has 0 bridgehead atoms. The van der Waals surface area contributed by atoms with Gasteiger partial charge in [0.2, 0.25) is 0 Å². The number of aromatic nitrogens is 4. The summed E-state index contributed by atoms with van der Waals surface area (Å²) in [5.74, 6) is 0.196. The number of rotatable bonds is 6. The molecule has 0 aromatic carbocycles. The number of hydrogen-bond acceptors (Lipinski definition) is 6. The lowest BCUT2D eigenvalue weighted by molar-refractivity contribution is -0.0974. The first kappa shape index (κ1) is 14.1. The normalized spacial score (nSPS) is 10.8. The Morgan fingerprint density at radius 2 is 2.15 bits per heavy atom. The van der Waals surface area contributed by atoms with Gasteiger partial charge in [0.25, 0.3) is 5.91 Å². The SMILES string of the molecule is COC(CNC(=O)c1ccc(-n2cccn2)nn1)OC. The van der Waals surface area contributed by atoms with E-state index in [-0.39, 0.29) is 18.1 Å². The number of nitrogens with one attached hydrogen (secondary N) is 1. The zero-order chi connectivity index (χ0) is 14.4. The fraction of sp³-hybridized carbons (Fsp3) is 0.333. The average molecular weight is 277 g/mol. The molecule has 8 nitrogen and oxygen atoms in total. The number of methoxy groups -OCH3 is 2. The number of ether oxygens (including phenoxy) is 2. The maximum absolute atomic E-state index is 11.8. The number of carbonyl (C=O) groups excluding carboxylic acids is 1. The van der Waals surface area contributed by atoms with Crippen molar-refractivity contribution in [1.82, 2.24) is 25.3 Å². The van der Waals surface area contributed by atoms with Crippen LogP contribution in [0.3, 0.4) is 0 Å². The molecule has 2 rings (SSSR count). The molecule has 2 aromatic rings. The molecule has 106 valence electrons. The maximum Gasteiger partial charge on any atom is 0.271 e. The van der Waals surface area contributed by atoms with E-state index in [2.05, 4.69) is 20.6 Å². The summed E-state index contributed by atoms with van der Waals surface area (Å²) in [5, 5.41) is 14.5. The van der Waals surface area contributed by atoms with Crippen molar-refractivity contribution >= 4 is 5.91 Å². The molecular formula is C12H15N5O3. The van der Waals surface area contributed by atoms with E-state index in [1.165, 1.54) is 14.2 Å². The summed E-state index contributed by atoms with van der Waals surface area (Å²) in [5.41, 5.74) is 0.215. The summed E-state index contributed by atoms with van der Waals surface area (Å²) in [6.45, 7) is 0.231. The highest BCUT2D eigenvalue weighted by Gasteiger charge is 2.11. The van der Waals surface area contributed by atoms with E-state index in [1.54, 1.807) is 35.3 Å². The molecule has 0 aliphatic rings. The summed E-state index contributed by atoms with van der Waals surface area (Å²) in [6, 6.07) is 5.02. The van der Waals surface area contributed by atoms with Gasteiger partial charge in [-0.15, -0.1) is 10.2 Å². The Bertz CT molecular complexity index is 537. The first-order valence-corrected chi connectivity index (χ1v) is 5.92. The fourth-order valence-electron chi connectivity index (χ4n) is 1.50. The molecule has 0 atom stereocenters. The molecule has 0 aliphatic heterocycles. The standard InChI is InChI=1S/C12H15N5O3/c1-19-11(20-2)8-13-12(18)9-4-5-10(16-15-9)17-7-3-6-14-17/h3-7,11H,8H2,1-2H3,(H,13,18). The first-order valence-electron chi connectivity index (χ1n) is 5.92. The van der Waals surface area contributed by atoms with E-state index in [0.29, 0.717) is 5.82 Å². The highest BCUT2D eigenvalue weighted by molar-refractivity contribution is 5.92. The van der Waals surface area contributed by atoms with Crippen LogP contribution in [0.25, 0.3) is 5.82 Å². The van der Waals surface area contributed by atoms with Gasteiger partial charge in [-0.3, -0.25) is 4.79 Å². The van der Waals surface area contributed by atoms with Crippen LogP contribution in [0.15, 0.2) is 30.6 Å². The first-order chi connectivity index (χ1) is 9.74. The number of amides is 1. The Morgan fingerprint density at radius 3 is 2.70 bits per heavy atom. The minimum atomic E-state index is -0.491. The van der Waals surface area contributed by atoms with Gasteiger partial charge >= 0.3 is 0 Å². The van der Waals surface area contributed by atoms with Crippen LogP contribution in [0.4, 0.5) is 0 Å². The molecule has 2 heterocycles. The van der Waals surface area contributed by atoms with Gasteiger partial charge in [-0.05, 0) is 18.2 Å². The fourth-order valence-corrected chi connectivity index (χ4v) is 1.50.